The molecule has 0 radical (unpaired) electrons. The van der Waals surface area contributed by atoms with Gasteiger partial charge in [0, 0.05) is 24.9 Å². The van der Waals surface area contributed by atoms with Crippen LogP contribution in [0.1, 0.15) is 10.6 Å². The zero-order chi connectivity index (χ0) is 13.5. The number of carbonyl (C=O) groups excluding carboxylic acids is 2. The van der Waals surface area contributed by atoms with Gasteiger partial charge in [0.2, 0.25) is 11.8 Å². The number of hydrogen-bond acceptors (Lipinski definition) is 5. The number of likely N-dealkylation sites (N-methyl/N-ethyl adjacent to an activating group) is 1. The van der Waals surface area contributed by atoms with Crippen LogP contribution in [-0.2, 0) is 20.7 Å². The third kappa shape index (κ3) is 4.80. The van der Waals surface area contributed by atoms with Crippen molar-refractivity contribution in [3.63, 3.8) is 0 Å². The van der Waals surface area contributed by atoms with Crippen molar-refractivity contribution in [3.05, 3.63) is 16.1 Å². The molecule has 0 aliphatic heterocycles. The molecule has 0 unspecified atom stereocenters. The Morgan fingerprint density at radius 1 is 1.50 bits per heavy atom. The number of nitrogens with zero attached hydrogens (tertiary/aromatic N) is 2. The first-order chi connectivity index (χ1) is 8.50. The molecule has 18 heavy (non-hydrogen) atoms. The van der Waals surface area contributed by atoms with Crippen molar-refractivity contribution in [1.29, 1.82) is 0 Å². The maximum atomic E-state index is 11.6. The molecular weight excluding hydrogens is 254 g/mol. The monoisotopic (exact) mass is 271 g/mol. The van der Waals surface area contributed by atoms with E-state index < -0.39 is 5.91 Å². The maximum absolute atomic E-state index is 11.6. The van der Waals surface area contributed by atoms with E-state index in [2.05, 4.69) is 4.98 Å². The quantitative estimate of drug-likeness (QED) is 0.753. The van der Waals surface area contributed by atoms with E-state index in [0.717, 1.165) is 12.1 Å². The predicted molar refractivity (Wildman–Crippen MR) is 68.2 cm³/mol. The van der Waals surface area contributed by atoms with Crippen molar-refractivity contribution >= 4 is 23.2 Å². The molecular formula is C11H17N3O3S. The summed E-state index contributed by atoms with van der Waals surface area (Å²) < 4.78 is 4.86. The van der Waals surface area contributed by atoms with Gasteiger partial charge in [0.25, 0.3) is 0 Å². The van der Waals surface area contributed by atoms with Crippen molar-refractivity contribution < 1.29 is 14.3 Å². The van der Waals surface area contributed by atoms with Crippen LogP contribution in [0.4, 0.5) is 0 Å². The van der Waals surface area contributed by atoms with Crippen molar-refractivity contribution in [2.75, 3.05) is 26.8 Å². The zero-order valence-corrected chi connectivity index (χ0v) is 11.3. The lowest BCUT2D eigenvalue weighted by molar-refractivity contribution is -0.136. The minimum absolute atomic E-state index is 0.124. The molecule has 0 fully saturated rings. The zero-order valence-electron chi connectivity index (χ0n) is 10.5. The summed E-state index contributed by atoms with van der Waals surface area (Å²) in [7, 11) is 1.70. The number of nitrogens with two attached hydrogens (primary N) is 1. The molecule has 100 valence electrons. The lowest BCUT2D eigenvalue weighted by atomic mass is 10.3. The second-order valence-electron chi connectivity index (χ2n) is 3.89. The van der Waals surface area contributed by atoms with Gasteiger partial charge in [0.1, 0.15) is 13.2 Å². The van der Waals surface area contributed by atoms with Gasteiger partial charge in [-0.3, -0.25) is 9.59 Å². The van der Waals surface area contributed by atoms with Crippen LogP contribution in [0, 0.1) is 6.92 Å². The average Bonchev–Trinajstić information content (AvgIpc) is 2.71. The number of aryl methyl sites for hydroxylation is 1. The minimum atomic E-state index is -0.578. The molecule has 1 aromatic rings. The van der Waals surface area contributed by atoms with E-state index in [1.54, 1.807) is 28.8 Å². The van der Waals surface area contributed by atoms with Crippen LogP contribution in [0.3, 0.4) is 0 Å². The summed E-state index contributed by atoms with van der Waals surface area (Å²) in [5.74, 6) is -0.746. The van der Waals surface area contributed by atoms with E-state index >= 15 is 0 Å². The molecule has 0 saturated heterocycles. The van der Waals surface area contributed by atoms with E-state index in [0.29, 0.717) is 6.54 Å². The first kappa shape index (κ1) is 14.6. The van der Waals surface area contributed by atoms with Crippen molar-refractivity contribution in [3.8, 4) is 0 Å². The molecule has 0 spiro atoms. The first-order valence-corrected chi connectivity index (χ1v) is 6.37. The molecule has 1 heterocycles. The van der Waals surface area contributed by atoms with Gasteiger partial charge in [-0.1, -0.05) is 0 Å². The van der Waals surface area contributed by atoms with E-state index in [1.165, 1.54) is 4.88 Å². The van der Waals surface area contributed by atoms with Gasteiger partial charge in [-0.15, -0.1) is 11.3 Å². The number of ether oxygens (including phenoxy) is 1. The molecule has 0 bridgehead atoms. The average molecular weight is 271 g/mol. The first-order valence-electron chi connectivity index (χ1n) is 5.49. The van der Waals surface area contributed by atoms with Crippen LogP contribution in [-0.4, -0.2) is 48.5 Å². The van der Waals surface area contributed by atoms with Crippen LogP contribution < -0.4 is 5.73 Å². The van der Waals surface area contributed by atoms with Crippen LogP contribution >= 0.6 is 11.3 Å². The third-order valence-corrected chi connectivity index (χ3v) is 3.41. The highest BCUT2D eigenvalue weighted by Gasteiger charge is 2.10. The van der Waals surface area contributed by atoms with Crippen LogP contribution in [0.2, 0.25) is 0 Å². The lowest BCUT2D eigenvalue weighted by Gasteiger charge is -2.16. The molecule has 0 atom stereocenters. The SMILES string of the molecule is Cc1ncsc1CCN(C)C(=O)COCC(N)=O. The highest BCUT2D eigenvalue weighted by molar-refractivity contribution is 7.09. The predicted octanol–water partition coefficient (Wildman–Crippen LogP) is -0.0457. The Labute approximate surface area is 110 Å². The molecule has 0 saturated carbocycles. The van der Waals surface area contributed by atoms with Gasteiger partial charge in [-0.05, 0) is 6.92 Å². The number of hydrogen-bond donors (Lipinski definition) is 1. The second kappa shape index (κ2) is 7.07. The Bertz CT molecular complexity index is 419. The fourth-order valence-corrected chi connectivity index (χ4v) is 2.08. The van der Waals surface area contributed by atoms with Crippen molar-refractivity contribution in [2.45, 2.75) is 13.3 Å². The number of carbonyl (C=O) groups is 2. The Kier molecular flexibility index (Phi) is 5.73. The highest BCUT2D eigenvalue weighted by atomic mass is 32.1. The topological polar surface area (TPSA) is 85.5 Å². The number of amides is 2. The molecule has 1 aromatic heterocycles. The second-order valence-corrected chi connectivity index (χ2v) is 4.82. The standard InChI is InChI=1S/C11H17N3O3S/c1-8-9(18-7-13-8)3-4-14(2)11(16)6-17-5-10(12)15/h7H,3-6H2,1-2H3,(H2,12,15). The number of thiazole rings is 1. The summed E-state index contributed by atoms with van der Waals surface area (Å²) in [4.78, 5) is 28.9. The van der Waals surface area contributed by atoms with E-state index in [1.807, 2.05) is 6.92 Å². The summed E-state index contributed by atoms with van der Waals surface area (Å²) in [6.45, 7) is 2.19. The summed E-state index contributed by atoms with van der Waals surface area (Å²) in [6.07, 6.45) is 0.772. The Hall–Kier alpha value is -1.47. The fourth-order valence-electron chi connectivity index (χ4n) is 1.31. The molecule has 0 aromatic carbocycles. The number of rotatable bonds is 7. The normalized spacial score (nSPS) is 10.3. The summed E-state index contributed by atoms with van der Waals surface area (Å²) in [5.41, 5.74) is 7.70. The Morgan fingerprint density at radius 2 is 2.22 bits per heavy atom. The fraction of sp³-hybridized carbons (Fsp3) is 0.545. The van der Waals surface area contributed by atoms with Gasteiger partial charge >= 0.3 is 0 Å². The lowest BCUT2D eigenvalue weighted by Crippen LogP contribution is -2.33. The molecule has 7 heteroatoms. The Balaban J connectivity index is 2.27. The molecule has 0 aliphatic carbocycles. The van der Waals surface area contributed by atoms with E-state index in [4.69, 9.17) is 10.5 Å². The van der Waals surface area contributed by atoms with E-state index in [-0.39, 0.29) is 19.1 Å². The smallest absolute Gasteiger partial charge is 0.248 e. The number of primary amides is 1. The summed E-state index contributed by atoms with van der Waals surface area (Å²) in [5, 5.41) is 0. The molecule has 2 N–H and O–H groups in total. The van der Waals surface area contributed by atoms with Gasteiger partial charge in [-0.2, -0.15) is 0 Å². The molecule has 1 rings (SSSR count). The van der Waals surface area contributed by atoms with Gasteiger partial charge in [-0.25, -0.2) is 4.98 Å². The van der Waals surface area contributed by atoms with Crippen LogP contribution in [0.15, 0.2) is 5.51 Å². The number of aromatic nitrogens is 1. The summed E-state index contributed by atoms with van der Waals surface area (Å²) >= 11 is 1.58. The Morgan fingerprint density at radius 3 is 2.78 bits per heavy atom. The van der Waals surface area contributed by atoms with Crippen LogP contribution in [0.5, 0.6) is 0 Å². The third-order valence-electron chi connectivity index (χ3n) is 2.41. The minimum Gasteiger partial charge on any atom is -0.368 e. The van der Waals surface area contributed by atoms with Crippen molar-refractivity contribution in [2.24, 2.45) is 5.73 Å². The van der Waals surface area contributed by atoms with Crippen LogP contribution in [0.25, 0.3) is 0 Å². The maximum Gasteiger partial charge on any atom is 0.248 e. The van der Waals surface area contributed by atoms with Gasteiger partial charge in [0.05, 0.1) is 11.2 Å². The van der Waals surface area contributed by atoms with Gasteiger partial charge in [0.15, 0.2) is 0 Å². The molecule has 0 aliphatic rings. The molecule has 2 amide bonds. The molecule has 6 nitrogen and oxygen atoms in total. The van der Waals surface area contributed by atoms with Gasteiger partial charge < -0.3 is 15.4 Å². The largest absolute Gasteiger partial charge is 0.368 e. The summed E-state index contributed by atoms with van der Waals surface area (Å²) in [6, 6.07) is 0. The van der Waals surface area contributed by atoms with E-state index in [9.17, 15) is 9.59 Å². The van der Waals surface area contributed by atoms with Crippen molar-refractivity contribution in [1.82, 2.24) is 9.88 Å². The highest BCUT2D eigenvalue weighted by Crippen LogP contribution is 2.12.